The van der Waals surface area contributed by atoms with Crippen LogP contribution in [0.3, 0.4) is 0 Å². The molecule has 1 aromatic carbocycles. The maximum absolute atomic E-state index is 13.0. The zero-order valence-corrected chi connectivity index (χ0v) is 12.7. The summed E-state index contributed by atoms with van der Waals surface area (Å²) in [6.07, 6.45) is 5.59. The summed E-state index contributed by atoms with van der Waals surface area (Å²) in [5.41, 5.74) is 1.87. The second-order valence-electron chi connectivity index (χ2n) is 6.31. The number of likely N-dealkylation sites (N-methyl/N-ethyl adjacent to an activating group) is 1. The van der Waals surface area contributed by atoms with Crippen LogP contribution >= 0.6 is 0 Å². The number of nitrogens with one attached hydrogen (secondary N) is 1. The van der Waals surface area contributed by atoms with Crippen LogP contribution in [0.4, 0.5) is 5.69 Å². The van der Waals surface area contributed by atoms with Crippen molar-refractivity contribution in [3.63, 3.8) is 0 Å². The molecule has 5 nitrogen and oxygen atoms in total. The number of aromatic nitrogens is 2. The highest BCUT2D eigenvalue weighted by atomic mass is 16.2. The Bertz CT molecular complexity index is 696. The Morgan fingerprint density at radius 1 is 1.36 bits per heavy atom. The third-order valence-corrected chi connectivity index (χ3v) is 4.99. The van der Waals surface area contributed by atoms with Crippen molar-refractivity contribution in [3.05, 3.63) is 48.0 Å². The SMILES string of the molecule is CN1C(=O)[C@@]2(CCCN(Cc3ncc[nH]3)C2)c2ccccc21. The minimum absolute atomic E-state index is 0.234. The van der Waals surface area contributed by atoms with Crippen molar-refractivity contribution in [2.45, 2.75) is 24.8 Å². The minimum atomic E-state index is -0.379. The zero-order chi connectivity index (χ0) is 15.2. The number of likely N-dealkylation sites (tertiary alicyclic amines) is 1. The van der Waals surface area contributed by atoms with Gasteiger partial charge in [-0.15, -0.1) is 0 Å². The second kappa shape index (κ2) is 4.95. The number of benzene rings is 1. The molecule has 2 aliphatic heterocycles. The van der Waals surface area contributed by atoms with Gasteiger partial charge in [-0.2, -0.15) is 0 Å². The molecule has 1 atom stereocenters. The van der Waals surface area contributed by atoms with Gasteiger partial charge < -0.3 is 9.88 Å². The van der Waals surface area contributed by atoms with Crippen molar-refractivity contribution in [2.75, 3.05) is 25.0 Å². The standard InChI is InChI=1S/C17H20N4O/c1-20-14-6-3-2-5-13(14)17(16(20)22)7-4-10-21(12-17)11-15-18-8-9-19-15/h2-3,5-6,8-9H,4,7,10-12H2,1H3,(H,18,19)/t17-/m1/s1. The average Bonchev–Trinajstić information content (AvgIpc) is 3.12. The Hall–Kier alpha value is -2.14. The second-order valence-corrected chi connectivity index (χ2v) is 6.31. The summed E-state index contributed by atoms with van der Waals surface area (Å²) in [5, 5.41) is 0. The summed E-state index contributed by atoms with van der Waals surface area (Å²) in [6.45, 7) is 2.56. The van der Waals surface area contributed by atoms with E-state index in [1.165, 1.54) is 5.56 Å². The van der Waals surface area contributed by atoms with E-state index in [1.54, 1.807) is 6.20 Å². The Labute approximate surface area is 130 Å². The van der Waals surface area contributed by atoms with Crippen LogP contribution < -0.4 is 4.90 Å². The lowest BCUT2D eigenvalue weighted by atomic mass is 9.75. The van der Waals surface area contributed by atoms with Gasteiger partial charge in [-0.1, -0.05) is 18.2 Å². The first-order chi connectivity index (χ1) is 10.7. The number of aromatic amines is 1. The summed E-state index contributed by atoms with van der Waals surface area (Å²) in [6, 6.07) is 8.21. The van der Waals surface area contributed by atoms with E-state index in [0.29, 0.717) is 0 Å². The Kier molecular flexibility index (Phi) is 3.04. The fraction of sp³-hybridized carbons (Fsp3) is 0.412. The minimum Gasteiger partial charge on any atom is -0.348 e. The number of H-pyrrole nitrogens is 1. The molecule has 2 aromatic rings. The summed E-state index contributed by atoms with van der Waals surface area (Å²) >= 11 is 0. The molecule has 114 valence electrons. The number of hydrogen-bond donors (Lipinski definition) is 1. The molecule has 5 heteroatoms. The quantitative estimate of drug-likeness (QED) is 0.921. The predicted octanol–water partition coefficient (Wildman–Crippen LogP) is 1.92. The first-order valence-corrected chi connectivity index (χ1v) is 7.79. The highest BCUT2D eigenvalue weighted by Gasteiger charge is 2.51. The van der Waals surface area contributed by atoms with Gasteiger partial charge in [-0.05, 0) is 31.0 Å². The maximum Gasteiger partial charge on any atom is 0.238 e. The lowest BCUT2D eigenvalue weighted by Gasteiger charge is -2.39. The number of carbonyl (C=O) groups is 1. The molecule has 0 radical (unpaired) electrons. The van der Waals surface area contributed by atoms with Crippen LogP contribution in [0.15, 0.2) is 36.7 Å². The van der Waals surface area contributed by atoms with Crippen LogP contribution in [0.2, 0.25) is 0 Å². The number of para-hydroxylation sites is 1. The van der Waals surface area contributed by atoms with Crippen molar-refractivity contribution in [2.24, 2.45) is 0 Å². The molecule has 1 saturated heterocycles. The lowest BCUT2D eigenvalue weighted by Crippen LogP contribution is -2.51. The normalized spacial score (nSPS) is 25.0. The first-order valence-electron chi connectivity index (χ1n) is 7.79. The van der Waals surface area contributed by atoms with Crippen LogP contribution in [0, 0.1) is 0 Å². The van der Waals surface area contributed by atoms with Crippen molar-refractivity contribution in [1.82, 2.24) is 14.9 Å². The van der Waals surface area contributed by atoms with E-state index in [4.69, 9.17) is 0 Å². The van der Waals surface area contributed by atoms with E-state index >= 15 is 0 Å². The number of fused-ring (bicyclic) bond motifs is 2. The van der Waals surface area contributed by atoms with E-state index < -0.39 is 0 Å². The van der Waals surface area contributed by atoms with Crippen molar-refractivity contribution in [3.8, 4) is 0 Å². The molecule has 0 unspecified atom stereocenters. The van der Waals surface area contributed by atoms with Crippen LogP contribution in [0.5, 0.6) is 0 Å². The third kappa shape index (κ3) is 1.89. The predicted molar refractivity (Wildman–Crippen MR) is 84.6 cm³/mol. The van der Waals surface area contributed by atoms with Crippen molar-refractivity contribution in [1.29, 1.82) is 0 Å². The number of piperidine rings is 1. The average molecular weight is 296 g/mol. The molecular formula is C17H20N4O. The monoisotopic (exact) mass is 296 g/mol. The Morgan fingerprint density at radius 2 is 2.23 bits per heavy atom. The van der Waals surface area contributed by atoms with Gasteiger partial charge in [-0.25, -0.2) is 4.98 Å². The highest BCUT2D eigenvalue weighted by Crippen LogP contribution is 2.46. The first kappa shape index (κ1) is 13.5. The number of anilines is 1. The number of rotatable bonds is 2. The number of nitrogens with zero attached hydrogens (tertiary/aromatic N) is 3. The topological polar surface area (TPSA) is 52.2 Å². The molecule has 1 aromatic heterocycles. The molecule has 2 aliphatic rings. The number of hydrogen-bond acceptors (Lipinski definition) is 3. The molecule has 1 fully saturated rings. The molecule has 4 rings (SSSR count). The zero-order valence-electron chi connectivity index (χ0n) is 12.7. The van der Waals surface area contributed by atoms with E-state index in [0.717, 1.165) is 44.0 Å². The van der Waals surface area contributed by atoms with E-state index in [1.807, 2.05) is 36.3 Å². The lowest BCUT2D eigenvalue weighted by molar-refractivity contribution is -0.125. The van der Waals surface area contributed by atoms with Gasteiger partial charge in [0.15, 0.2) is 0 Å². The van der Waals surface area contributed by atoms with Gasteiger partial charge in [0.05, 0.1) is 12.0 Å². The number of amides is 1. The van der Waals surface area contributed by atoms with E-state index in [2.05, 4.69) is 20.9 Å². The van der Waals surface area contributed by atoms with E-state index in [-0.39, 0.29) is 11.3 Å². The van der Waals surface area contributed by atoms with Gasteiger partial charge in [0.2, 0.25) is 5.91 Å². The Balaban J connectivity index is 1.67. The largest absolute Gasteiger partial charge is 0.348 e. The smallest absolute Gasteiger partial charge is 0.238 e. The van der Waals surface area contributed by atoms with Gasteiger partial charge in [0, 0.05) is 31.7 Å². The molecule has 1 amide bonds. The molecule has 22 heavy (non-hydrogen) atoms. The van der Waals surface area contributed by atoms with E-state index in [9.17, 15) is 4.79 Å². The van der Waals surface area contributed by atoms with Crippen molar-refractivity contribution >= 4 is 11.6 Å². The number of carbonyl (C=O) groups excluding carboxylic acids is 1. The maximum atomic E-state index is 13.0. The summed E-state index contributed by atoms with van der Waals surface area (Å²) in [5.74, 6) is 1.20. The van der Waals surface area contributed by atoms with Crippen molar-refractivity contribution < 1.29 is 4.79 Å². The van der Waals surface area contributed by atoms with Gasteiger partial charge in [0.25, 0.3) is 0 Å². The molecule has 0 aliphatic carbocycles. The molecule has 1 spiro atoms. The van der Waals surface area contributed by atoms with Crippen LogP contribution in [0.1, 0.15) is 24.2 Å². The molecule has 0 bridgehead atoms. The van der Waals surface area contributed by atoms with Gasteiger partial charge >= 0.3 is 0 Å². The fourth-order valence-corrected chi connectivity index (χ4v) is 3.99. The highest BCUT2D eigenvalue weighted by molar-refractivity contribution is 6.08. The Morgan fingerprint density at radius 3 is 3.05 bits per heavy atom. The van der Waals surface area contributed by atoms with Crippen LogP contribution in [-0.2, 0) is 16.8 Å². The van der Waals surface area contributed by atoms with Crippen LogP contribution in [0.25, 0.3) is 0 Å². The summed E-state index contributed by atoms with van der Waals surface area (Å²) in [7, 11) is 1.89. The number of imidazole rings is 1. The van der Waals surface area contributed by atoms with Gasteiger partial charge in [0.1, 0.15) is 5.82 Å². The fourth-order valence-electron chi connectivity index (χ4n) is 3.99. The summed E-state index contributed by atoms with van der Waals surface area (Å²) < 4.78 is 0. The molecule has 3 heterocycles. The summed E-state index contributed by atoms with van der Waals surface area (Å²) in [4.78, 5) is 24.6. The molecular weight excluding hydrogens is 276 g/mol. The van der Waals surface area contributed by atoms with Crippen LogP contribution in [-0.4, -0.2) is 40.9 Å². The third-order valence-electron chi connectivity index (χ3n) is 4.99. The van der Waals surface area contributed by atoms with Gasteiger partial charge in [-0.3, -0.25) is 9.69 Å². The molecule has 1 N–H and O–H groups in total. The molecule has 0 saturated carbocycles.